The van der Waals surface area contributed by atoms with Crippen molar-refractivity contribution >= 4 is 55.8 Å². The molecule has 0 spiro atoms. The molecule has 0 atom stereocenters. The van der Waals surface area contributed by atoms with Crippen LogP contribution in [0, 0.1) is 10.1 Å². The number of fused-ring (bicyclic) bond motifs is 1. The van der Waals surface area contributed by atoms with Crippen LogP contribution < -0.4 is 9.54 Å². The van der Waals surface area contributed by atoms with Crippen molar-refractivity contribution in [3.05, 3.63) is 56.2 Å². The van der Waals surface area contributed by atoms with Crippen molar-refractivity contribution in [2.24, 2.45) is 4.99 Å². The van der Waals surface area contributed by atoms with Crippen molar-refractivity contribution in [2.75, 3.05) is 13.7 Å². The summed E-state index contributed by atoms with van der Waals surface area (Å²) >= 11 is 2.20. The van der Waals surface area contributed by atoms with Crippen molar-refractivity contribution in [1.82, 2.24) is 4.57 Å². The number of carbonyl (C=O) groups is 2. The molecule has 3 aromatic rings. The highest BCUT2D eigenvalue weighted by atomic mass is 32.1. The maximum Gasteiger partial charge on any atom is 0.325 e. The number of aromatic nitrogens is 1. The minimum atomic E-state index is -0.561. The lowest BCUT2D eigenvalue weighted by Gasteiger charge is -2.08. The van der Waals surface area contributed by atoms with Gasteiger partial charge in [0.15, 0.2) is 4.80 Å². The van der Waals surface area contributed by atoms with Gasteiger partial charge in [-0.1, -0.05) is 28.7 Å². The Morgan fingerprint density at radius 1 is 1.27 bits per heavy atom. The minimum absolute atomic E-state index is 0.0112. The predicted octanol–water partition coefficient (Wildman–Crippen LogP) is 3.38. The van der Waals surface area contributed by atoms with E-state index in [1.54, 1.807) is 16.7 Å². The standard InChI is InChI=1S/C19H17N3O6S2/c1-3-28-13-5-4-6-14-18(13)21(11-17(24)27-2)19(30-14)20-15(23)9-7-12-8-10-16(29-12)22(25)26/h4-10H,3,11H2,1-2H3. The number of carbonyl (C=O) groups excluding carboxylic acids is 2. The molecule has 11 heteroatoms. The zero-order valence-electron chi connectivity index (χ0n) is 16.1. The number of thiophene rings is 1. The fourth-order valence-electron chi connectivity index (χ4n) is 2.61. The van der Waals surface area contributed by atoms with Gasteiger partial charge in [0.1, 0.15) is 17.8 Å². The van der Waals surface area contributed by atoms with Gasteiger partial charge in [0.05, 0.1) is 23.3 Å². The number of nitro groups is 1. The summed E-state index contributed by atoms with van der Waals surface area (Å²) in [5.41, 5.74) is 0.652. The number of hydrogen-bond acceptors (Lipinski definition) is 8. The van der Waals surface area contributed by atoms with E-state index in [0.29, 0.717) is 27.6 Å². The van der Waals surface area contributed by atoms with E-state index in [0.717, 1.165) is 16.0 Å². The second-order valence-electron chi connectivity index (χ2n) is 5.80. The van der Waals surface area contributed by atoms with Crippen LogP contribution in [0.2, 0.25) is 0 Å². The van der Waals surface area contributed by atoms with Gasteiger partial charge in [-0.15, -0.1) is 0 Å². The monoisotopic (exact) mass is 447 g/mol. The van der Waals surface area contributed by atoms with Gasteiger partial charge in [-0.25, -0.2) is 0 Å². The number of methoxy groups -OCH3 is 1. The Balaban J connectivity index is 2.01. The number of nitrogens with zero attached hydrogens (tertiary/aromatic N) is 3. The maximum absolute atomic E-state index is 12.4. The zero-order chi connectivity index (χ0) is 21.7. The Kier molecular flexibility index (Phi) is 6.75. The minimum Gasteiger partial charge on any atom is -0.492 e. The molecule has 0 radical (unpaired) electrons. The Morgan fingerprint density at radius 3 is 2.73 bits per heavy atom. The Hall–Kier alpha value is -3.31. The predicted molar refractivity (Wildman–Crippen MR) is 114 cm³/mol. The molecule has 9 nitrogen and oxygen atoms in total. The summed E-state index contributed by atoms with van der Waals surface area (Å²) in [7, 11) is 1.28. The quantitative estimate of drug-likeness (QED) is 0.237. The van der Waals surface area contributed by atoms with Gasteiger partial charge in [-0.2, -0.15) is 4.99 Å². The largest absolute Gasteiger partial charge is 0.492 e. The molecule has 0 saturated carbocycles. The molecule has 1 aromatic carbocycles. The third-order valence-electron chi connectivity index (χ3n) is 3.87. The summed E-state index contributed by atoms with van der Waals surface area (Å²) in [6.07, 6.45) is 2.69. The first kappa shape index (κ1) is 21.4. The first-order valence-corrected chi connectivity index (χ1v) is 10.4. The van der Waals surface area contributed by atoms with Crippen molar-refractivity contribution in [3.63, 3.8) is 0 Å². The molecule has 0 N–H and O–H groups in total. The molecule has 0 aliphatic heterocycles. The third-order valence-corrected chi connectivity index (χ3v) is 5.91. The smallest absolute Gasteiger partial charge is 0.325 e. The molecule has 156 valence electrons. The molecule has 1 amide bonds. The summed E-state index contributed by atoms with van der Waals surface area (Å²) in [4.78, 5) is 39.6. The third kappa shape index (κ3) is 4.81. The van der Waals surface area contributed by atoms with Gasteiger partial charge in [0.25, 0.3) is 5.91 Å². The van der Waals surface area contributed by atoms with Crippen LogP contribution in [0.15, 0.2) is 41.4 Å². The van der Waals surface area contributed by atoms with Crippen molar-refractivity contribution in [2.45, 2.75) is 13.5 Å². The fourth-order valence-corrected chi connectivity index (χ4v) is 4.39. The second kappa shape index (κ2) is 9.46. The van der Waals surface area contributed by atoms with Crippen molar-refractivity contribution in [3.8, 4) is 5.75 Å². The maximum atomic E-state index is 12.4. The molecular weight excluding hydrogens is 430 g/mol. The Bertz CT molecular complexity index is 1200. The number of esters is 1. The summed E-state index contributed by atoms with van der Waals surface area (Å²) in [5, 5.41) is 10.7. The number of hydrogen-bond donors (Lipinski definition) is 0. The number of ether oxygens (including phenoxy) is 2. The molecule has 0 aliphatic carbocycles. The van der Waals surface area contributed by atoms with Crippen molar-refractivity contribution < 1.29 is 24.0 Å². The van der Waals surface area contributed by atoms with Crippen LogP contribution in [0.1, 0.15) is 11.8 Å². The molecule has 2 heterocycles. The normalized spacial score (nSPS) is 11.9. The summed E-state index contributed by atoms with van der Waals surface area (Å²) in [5.74, 6) is -0.476. The lowest BCUT2D eigenvalue weighted by molar-refractivity contribution is -0.380. The number of rotatable bonds is 7. The summed E-state index contributed by atoms with van der Waals surface area (Å²) in [6, 6.07) is 8.37. The van der Waals surface area contributed by atoms with E-state index in [-0.39, 0.29) is 11.5 Å². The first-order chi connectivity index (χ1) is 14.4. The van der Waals surface area contributed by atoms with Gasteiger partial charge in [-0.3, -0.25) is 19.7 Å². The molecule has 3 rings (SSSR count). The molecule has 0 saturated heterocycles. The molecule has 0 aliphatic rings. The van der Waals surface area contributed by atoms with E-state index in [2.05, 4.69) is 4.99 Å². The van der Waals surface area contributed by atoms with Crippen LogP contribution in [0.25, 0.3) is 16.3 Å². The van der Waals surface area contributed by atoms with Crippen LogP contribution in [-0.4, -0.2) is 35.1 Å². The highest BCUT2D eigenvalue weighted by molar-refractivity contribution is 7.16. The average Bonchev–Trinajstić information content (AvgIpc) is 3.32. The van der Waals surface area contributed by atoms with Crippen molar-refractivity contribution in [1.29, 1.82) is 0 Å². The van der Waals surface area contributed by atoms with Gasteiger partial charge in [0.2, 0.25) is 0 Å². The summed E-state index contributed by atoms with van der Waals surface area (Å²) < 4.78 is 12.8. The fraction of sp³-hybridized carbons (Fsp3) is 0.211. The van der Waals surface area contributed by atoms with Gasteiger partial charge in [0, 0.05) is 17.0 Å². The topological polar surface area (TPSA) is 113 Å². The van der Waals surface area contributed by atoms with E-state index in [1.807, 2.05) is 19.1 Å². The Morgan fingerprint density at radius 2 is 2.07 bits per heavy atom. The second-order valence-corrected chi connectivity index (χ2v) is 7.90. The first-order valence-electron chi connectivity index (χ1n) is 8.76. The average molecular weight is 447 g/mol. The van der Waals surface area contributed by atoms with Crippen LogP contribution in [-0.2, 0) is 20.9 Å². The van der Waals surface area contributed by atoms with E-state index in [1.165, 1.54) is 36.7 Å². The zero-order valence-corrected chi connectivity index (χ0v) is 17.7. The lowest BCUT2D eigenvalue weighted by atomic mass is 10.3. The summed E-state index contributed by atoms with van der Waals surface area (Å²) in [6.45, 7) is 2.16. The van der Waals surface area contributed by atoms with Crippen LogP contribution in [0.3, 0.4) is 0 Å². The van der Waals surface area contributed by atoms with Gasteiger partial charge in [-0.05, 0) is 31.2 Å². The molecule has 0 bridgehead atoms. The number of thiazole rings is 1. The van der Waals surface area contributed by atoms with E-state index in [4.69, 9.17) is 9.47 Å². The van der Waals surface area contributed by atoms with Crippen LogP contribution in [0.4, 0.5) is 5.00 Å². The number of benzene rings is 1. The van der Waals surface area contributed by atoms with Gasteiger partial charge < -0.3 is 14.0 Å². The van der Waals surface area contributed by atoms with E-state index < -0.39 is 16.8 Å². The molecule has 2 aromatic heterocycles. The SMILES string of the molecule is CCOc1cccc2sc(=NC(=O)C=Cc3ccc([N+](=O)[O-])s3)n(CC(=O)OC)c12. The molecular formula is C19H17N3O6S2. The van der Waals surface area contributed by atoms with Crippen LogP contribution >= 0.6 is 22.7 Å². The molecule has 0 fully saturated rings. The number of amides is 1. The molecule has 0 unspecified atom stereocenters. The van der Waals surface area contributed by atoms with E-state index >= 15 is 0 Å². The highest BCUT2D eigenvalue weighted by Gasteiger charge is 2.15. The van der Waals surface area contributed by atoms with E-state index in [9.17, 15) is 19.7 Å². The Labute approximate surface area is 178 Å². The molecule has 30 heavy (non-hydrogen) atoms. The van der Waals surface area contributed by atoms with Gasteiger partial charge >= 0.3 is 11.0 Å². The highest BCUT2D eigenvalue weighted by Crippen LogP contribution is 2.28. The van der Waals surface area contributed by atoms with Crippen LogP contribution in [0.5, 0.6) is 5.75 Å². The lowest BCUT2D eigenvalue weighted by Crippen LogP contribution is -2.22. The number of para-hydroxylation sites is 1.